The second kappa shape index (κ2) is 7.89. The summed E-state index contributed by atoms with van der Waals surface area (Å²) in [6, 6.07) is 12.8. The third kappa shape index (κ3) is 3.99. The van der Waals surface area contributed by atoms with E-state index in [0.717, 1.165) is 12.0 Å². The fraction of sp³-hybridized carbons (Fsp3) is 0.190. The molecule has 0 saturated heterocycles. The van der Waals surface area contributed by atoms with Crippen LogP contribution in [0.3, 0.4) is 0 Å². The highest BCUT2D eigenvalue weighted by atomic mass is 35.5. The van der Waals surface area contributed by atoms with E-state index in [1.54, 1.807) is 18.2 Å². The molecule has 0 aliphatic heterocycles. The Bertz CT molecular complexity index is 1260. The van der Waals surface area contributed by atoms with E-state index in [2.05, 4.69) is 46.4 Å². The van der Waals surface area contributed by atoms with Gasteiger partial charge in [0.15, 0.2) is 5.82 Å². The standard InChI is InChI=1S/C21H19Cl2N5O/c1-3-13-4-5-14(8-12(13)2)20-26-21-25-16(10-19(29)28(21)27-20)11-24-18-9-15(22)6-7-17(18)23/h4-10,24H,3,11H2,1-2H3,(H,25,26,27). The maximum atomic E-state index is 12.5. The first-order chi connectivity index (χ1) is 13.9. The largest absolute Gasteiger partial charge is 0.378 e. The van der Waals surface area contributed by atoms with Crippen molar-refractivity contribution in [2.75, 3.05) is 5.32 Å². The molecule has 0 spiro atoms. The number of anilines is 1. The normalized spacial score (nSPS) is 11.2. The van der Waals surface area contributed by atoms with Gasteiger partial charge in [0.05, 0.1) is 22.9 Å². The van der Waals surface area contributed by atoms with Crippen LogP contribution in [-0.4, -0.2) is 19.6 Å². The number of benzene rings is 2. The zero-order valence-corrected chi connectivity index (χ0v) is 17.5. The molecule has 0 radical (unpaired) electrons. The van der Waals surface area contributed by atoms with Crippen molar-refractivity contribution < 1.29 is 0 Å². The highest BCUT2D eigenvalue weighted by Gasteiger charge is 2.11. The van der Waals surface area contributed by atoms with Gasteiger partial charge in [-0.05, 0) is 48.7 Å². The van der Waals surface area contributed by atoms with Gasteiger partial charge in [-0.15, -0.1) is 0 Å². The number of hydrogen-bond donors (Lipinski definition) is 2. The average Bonchev–Trinajstić information content (AvgIpc) is 3.13. The molecule has 0 atom stereocenters. The van der Waals surface area contributed by atoms with E-state index >= 15 is 0 Å². The van der Waals surface area contributed by atoms with Crippen LogP contribution in [0.4, 0.5) is 5.69 Å². The van der Waals surface area contributed by atoms with Gasteiger partial charge in [-0.2, -0.15) is 9.50 Å². The smallest absolute Gasteiger partial charge is 0.274 e. The molecule has 0 bridgehead atoms. The molecule has 2 heterocycles. The summed E-state index contributed by atoms with van der Waals surface area (Å²) < 4.78 is 1.34. The third-order valence-corrected chi connectivity index (χ3v) is 5.33. The Balaban J connectivity index is 1.64. The Kier molecular flexibility index (Phi) is 5.30. The number of aromatic amines is 1. The van der Waals surface area contributed by atoms with Crippen molar-refractivity contribution in [1.29, 1.82) is 0 Å². The molecule has 0 fully saturated rings. The summed E-state index contributed by atoms with van der Waals surface area (Å²) in [6.45, 7) is 4.51. The van der Waals surface area contributed by atoms with Crippen LogP contribution in [-0.2, 0) is 13.0 Å². The number of hydrogen-bond acceptors (Lipinski definition) is 4. The minimum Gasteiger partial charge on any atom is -0.378 e. The molecule has 8 heteroatoms. The summed E-state index contributed by atoms with van der Waals surface area (Å²) in [5.41, 5.74) is 4.39. The SMILES string of the molecule is CCc1ccc(-c2nc3nc(CNc4cc(Cl)ccc4Cl)cc(=O)n3[nH]2)cc1C. The lowest BCUT2D eigenvalue weighted by Crippen LogP contribution is -2.17. The molecule has 2 aromatic carbocycles. The maximum absolute atomic E-state index is 12.5. The summed E-state index contributed by atoms with van der Waals surface area (Å²) in [6.07, 6.45) is 0.972. The fourth-order valence-electron chi connectivity index (χ4n) is 3.21. The lowest BCUT2D eigenvalue weighted by molar-refractivity contribution is 0.879. The molecule has 6 nitrogen and oxygen atoms in total. The number of rotatable bonds is 5. The van der Waals surface area contributed by atoms with Gasteiger partial charge < -0.3 is 5.32 Å². The summed E-state index contributed by atoms with van der Waals surface area (Å²) in [5, 5.41) is 7.30. The number of nitrogens with zero attached hydrogens (tertiary/aromatic N) is 3. The predicted molar refractivity (Wildman–Crippen MR) is 117 cm³/mol. The van der Waals surface area contributed by atoms with Crippen molar-refractivity contribution in [1.82, 2.24) is 19.6 Å². The van der Waals surface area contributed by atoms with Crippen molar-refractivity contribution in [3.63, 3.8) is 0 Å². The monoisotopic (exact) mass is 427 g/mol. The van der Waals surface area contributed by atoms with Crippen molar-refractivity contribution in [2.24, 2.45) is 0 Å². The predicted octanol–water partition coefficient (Wildman–Crippen LogP) is 4.87. The molecule has 4 aromatic rings. The van der Waals surface area contributed by atoms with Crippen LogP contribution in [0, 0.1) is 6.92 Å². The van der Waals surface area contributed by atoms with Gasteiger partial charge in [0.1, 0.15) is 0 Å². The molecule has 2 aromatic heterocycles. The molecule has 4 rings (SSSR count). The molecular formula is C21H19Cl2N5O. The van der Waals surface area contributed by atoms with E-state index in [-0.39, 0.29) is 5.56 Å². The first kappa shape index (κ1) is 19.5. The van der Waals surface area contributed by atoms with Crippen LogP contribution in [0.5, 0.6) is 0 Å². The number of fused-ring (bicyclic) bond motifs is 1. The minimum absolute atomic E-state index is 0.232. The first-order valence-corrected chi connectivity index (χ1v) is 9.97. The minimum atomic E-state index is -0.232. The van der Waals surface area contributed by atoms with E-state index in [4.69, 9.17) is 23.2 Å². The topological polar surface area (TPSA) is 75.1 Å². The lowest BCUT2D eigenvalue weighted by atomic mass is 10.0. The van der Waals surface area contributed by atoms with Crippen LogP contribution in [0.2, 0.25) is 10.0 Å². The van der Waals surface area contributed by atoms with Crippen LogP contribution >= 0.6 is 23.2 Å². The van der Waals surface area contributed by atoms with Crippen molar-refractivity contribution in [3.05, 3.63) is 79.7 Å². The Labute approximate surface area is 177 Å². The summed E-state index contributed by atoms with van der Waals surface area (Å²) in [4.78, 5) is 21.5. The molecule has 29 heavy (non-hydrogen) atoms. The van der Waals surface area contributed by atoms with Gasteiger partial charge in [-0.25, -0.2) is 4.98 Å². The first-order valence-electron chi connectivity index (χ1n) is 9.22. The quantitative estimate of drug-likeness (QED) is 0.476. The fourth-order valence-corrected chi connectivity index (χ4v) is 3.56. The number of aryl methyl sites for hydroxylation is 2. The van der Waals surface area contributed by atoms with Crippen molar-refractivity contribution in [3.8, 4) is 11.4 Å². The molecule has 2 N–H and O–H groups in total. The van der Waals surface area contributed by atoms with E-state index in [1.165, 1.54) is 21.7 Å². The van der Waals surface area contributed by atoms with Crippen LogP contribution in [0.1, 0.15) is 23.7 Å². The molecule has 0 aliphatic carbocycles. The van der Waals surface area contributed by atoms with Gasteiger partial charge in [-0.3, -0.25) is 9.89 Å². The lowest BCUT2D eigenvalue weighted by Gasteiger charge is -2.08. The van der Waals surface area contributed by atoms with Crippen molar-refractivity contribution >= 4 is 34.7 Å². The second-order valence-corrected chi connectivity index (χ2v) is 7.61. The third-order valence-electron chi connectivity index (χ3n) is 4.77. The van der Waals surface area contributed by atoms with Gasteiger partial charge in [0.2, 0.25) is 0 Å². The second-order valence-electron chi connectivity index (χ2n) is 6.77. The molecule has 148 valence electrons. The molecule has 0 saturated carbocycles. The Morgan fingerprint density at radius 1 is 1.10 bits per heavy atom. The van der Waals surface area contributed by atoms with E-state index in [1.807, 2.05) is 6.07 Å². The molecule has 0 aliphatic rings. The van der Waals surface area contributed by atoms with E-state index < -0.39 is 0 Å². The van der Waals surface area contributed by atoms with Crippen LogP contribution in [0.25, 0.3) is 17.2 Å². The number of nitrogens with one attached hydrogen (secondary N) is 2. The Morgan fingerprint density at radius 2 is 1.93 bits per heavy atom. The summed E-state index contributed by atoms with van der Waals surface area (Å²) in [5.74, 6) is 0.919. The number of halogens is 2. The zero-order valence-electron chi connectivity index (χ0n) is 16.0. The molecular weight excluding hydrogens is 409 g/mol. The van der Waals surface area contributed by atoms with Crippen LogP contribution < -0.4 is 10.9 Å². The van der Waals surface area contributed by atoms with Crippen LogP contribution in [0.15, 0.2) is 47.3 Å². The van der Waals surface area contributed by atoms with E-state index in [9.17, 15) is 4.79 Å². The average molecular weight is 428 g/mol. The molecule has 0 amide bonds. The summed E-state index contributed by atoms with van der Waals surface area (Å²) in [7, 11) is 0. The van der Waals surface area contributed by atoms with Gasteiger partial charge in [0, 0.05) is 16.7 Å². The van der Waals surface area contributed by atoms with Gasteiger partial charge >= 0.3 is 0 Å². The Morgan fingerprint density at radius 3 is 2.69 bits per heavy atom. The maximum Gasteiger partial charge on any atom is 0.274 e. The molecule has 0 unspecified atom stereocenters. The van der Waals surface area contributed by atoms with Gasteiger partial charge in [-0.1, -0.05) is 42.3 Å². The number of H-pyrrole nitrogens is 1. The number of aromatic nitrogens is 4. The summed E-state index contributed by atoms with van der Waals surface area (Å²) >= 11 is 12.2. The highest BCUT2D eigenvalue weighted by Crippen LogP contribution is 2.25. The van der Waals surface area contributed by atoms with Gasteiger partial charge in [0.25, 0.3) is 11.3 Å². The van der Waals surface area contributed by atoms with E-state index in [0.29, 0.717) is 39.6 Å². The van der Waals surface area contributed by atoms with Crippen molar-refractivity contribution in [2.45, 2.75) is 26.8 Å². The zero-order chi connectivity index (χ0) is 20.5. The Hall–Kier alpha value is -2.83. The highest BCUT2D eigenvalue weighted by molar-refractivity contribution is 6.35.